The molecule has 0 spiro atoms. The minimum Gasteiger partial charge on any atom is -0.392 e. The first-order valence-electron chi connectivity index (χ1n) is 5.18. The Kier molecular flexibility index (Phi) is 3.37. The van der Waals surface area contributed by atoms with E-state index in [0.717, 1.165) is 17.7 Å². The molecule has 1 saturated carbocycles. The molecule has 2 nitrogen and oxygen atoms in total. The summed E-state index contributed by atoms with van der Waals surface area (Å²) >= 11 is 0. The molecular formula is C11H22N2. The van der Waals surface area contributed by atoms with Crippen LogP contribution in [0.2, 0.25) is 0 Å². The first-order valence-corrected chi connectivity index (χ1v) is 5.18. The highest BCUT2D eigenvalue weighted by Crippen LogP contribution is 2.39. The summed E-state index contributed by atoms with van der Waals surface area (Å²) in [7, 11) is 1.95. The Balaban J connectivity index is 2.29. The highest BCUT2D eigenvalue weighted by atomic mass is 15.0. The molecule has 1 aliphatic rings. The number of rotatable bonds is 5. The third-order valence-electron chi connectivity index (χ3n) is 2.90. The van der Waals surface area contributed by atoms with Crippen molar-refractivity contribution in [3.8, 4) is 0 Å². The van der Waals surface area contributed by atoms with Crippen LogP contribution in [0.5, 0.6) is 0 Å². The van der Waals surface area contributed by atoms with E-state index in [-0.39, 0.29) is 0 Å². The third kappa shape index (κ3) is 2.73. The van der Waals surface area contributed by atoms with E-state index in [1.807, 2.05) is 7.05 Å². The van der Waals surface area contributed by atoms with Crippen LogP contribution < -0.4 is 10.6 Å². The molecule has 0 aromatic carbocycles. The van der Waals surface area contributed by atoms with Gasteiger partial charge in [-0.1, -0.05) is 27.4 Å². The van der Waals surface area contributed by atoms with Crippen LogP contribution in [0, 0.1) is 11.8 Å². The fourth-order valence-electron chi connectivity index (χ4n) is 1.87. The molecule has 0 bridgehead atoms. The molecule has 76 valence electrons. The van der Waals surface area contributed by atoms with Gasteiger partial charge < -0.3 is 10.6 Å². The highest BCUT2D eigenvalue weighted by molar-refractivity contribution is 5.07. The lowest BCUT2D eigenvalue weighted by Gasteiger charge is -2.15. The van der Waals surface area contributed by atoms with Crippen LogP contribution in [0.15, 0.2) is 12.3 Å². The van der Waals surface area contributed by atoms with E-state index in [1.54, 1.807) is 0 Å². The molecule has 1 rings (SSSR count). The van der Waals surface area contributed by atoms with Crippen molar-refractivity contribution in [2.75, 3.05) is 7.05 Å². The van der Waals surface area contributed by atoms with Crippen LogP contribution in [0.3, 0.4) is 0 Å². The molecule has 1 fully saturated rings. The molecule has 0 aromatic heterocycles. The predicted molar refractivity (Wildman–Crippen MR) is 57.5 cm³/mol. The summed E-state index contributed by atoms with van der Waals surface area (Å²) in [5, 5.41) is 6.70. The van der Waals surface area contributed by atoms with Crippen molar-refractivity contribution in [2.24, 2.45) is 11.8 Å². The van der Waals surface area contributed by atoms with E-state index in [0.29, 0.717) is 12.0 Å². The van der Waals surface area contributed by atoms with Gasteiger partial charge in [-0.3, -0.25) is 0 Å². The van der Waals surface area contributed by atoms with Crippen LogP contribution in [-0.2, 0) is 0 Å². The normalized spacial score (nSPS) is 28.7. The van der Waals surface area contributed by atoms with Gasteiger partial charge >= 0.3 is 0 Å². The lowest BCUT2D eigenvalue weighted by molar-refractivity contribution is 0.489. The quantitative estimate of drug-likeness (QED) is 0.677. The van der Waals surface area contributed by atoms with Gasteiger partial charge in [0.2, 0.25) is 0 Å². The largest absolute Gasteiger partial charge is 0.392 e. The van der Waals surface area contributed by atoms with Crippen LogP contribution in [0.4, 0.5) is 0 Å². The Bertz CT molecular complexity index is 187. The molecule has 0 saturated heterocycles. The maximum atomic E-state index is 4.01. The Morgan fingerprint density at radius 1 is 1.38 bits per heavy atom. The monoisotopic (exact) mass is 182 g/mol. The highest BCUT2D eigenvalue weighted by Gasteiger charge is 2.41. The van der Waals surface area contributed by atoms with Crippen LogP contribution in [0.25, 0.3) is 0 Å². The van der Waals surface area contributed by atoms with Gasteiger partial charge in [-0.15, -0.1) is 0 Å². The number of allylic oxidation sites excluding steroid dienone is 1. The van der Waals surface area contributed by atoms with Crippen molar-refractivity contribution in [1.29, 1.82) is 0 Å². The molecule has 0 aromatic rings. The van der Waals surface area contributed by atoms with Crippen molar-refractivity contribution >= 4 is 0 Å². The molecule has 3 unspecified atom stereocenters. The van der Waals surface area contributed by atoms with Crippen molar-refractivity contribution in [3.63, 3.8) is 0 Å². The summed E-state index contributed by atoms with van der Waals surface area (Å²) in [6.45, 7) is 10.7. The molecule has 0 heterocycles. The predicted octanol–water partition coefficient (Wildman–Crippen LogP) is 1.74. The zero-order chi connectivity index (χ0) is 10.0. The first kappa shape index (κ1) is 10.6. The van der Waals surface area contributed by atoms with E-state index in [1.165, 1.54) is 6.42 Å². The summed E-state index contributed by atoms with van der Waals surface area (Å²) in [6.07, 6.45) is 1.31. The van der Waals surface area contributed by atoms with Gasteiger partial charge in [0.05, 0.1) is 0 Å². The molecule has 0 amide bonds. The Labute approximate surface area is 81.8 Å². The van der Waals surface area contributed by atoms with Crippen LogP contribution in [0.1, 0.15) is 27.2 Å². The maximum absolute atomic E-state index is 4.01. The lowest BCUT2D eigenvalue weighted by Crippen LogP contribution is -2.28. The summed E-state index contributed by atoms with van der Waals surface area (Å²) in [5.41, 5.74) is 1.16. The Morgan fingerprint density at radius 2 is 2.00 bits per heavy atom. The topological polar surface area (TPSA) is 24.1 Å². The van der Waals surface area contributed by atoms with Gasteiger partial charge in [-0.05, 0) is 18.3 Å². The molecule has 2 N–H and O–H groups in total. The van der Waals surface area contributed by atoms with E-state index in [9.17, 15) is 0 Å². The molecule has 3 atom stereocenters. The van der Waals surface area contributed by atoms with E-state index >= 15 is 0 Å². The number of hydrogen-bond donors (Lipinski definition) is 2. The van der Waals surface area contributed by atoms with Crippen LogP contribution >= 0.6 is 0 Å². The third-order valence-corrected chi connectivity index (χ3v) is 2.90. The Hall–Kier alpha value is -0.500. The van der Waals surface area contributed by atoms with Crippen molar-refractivity contribution in [1.82, 2.24) is 10.6 Å². The van der Waals surface area contributed by atoms with Crippen LogP contribution in [-0.4, -0.2) is 19.1 Å². The maximum Gasteiger partial charge on any atom is 0.0108 e. The number of hydrogen-bond acceptors (Lipinski definition) is 2. The van der Waals surface area contributed by atoms with Crippen molar-refractivity contribution in [2.45, 2.75) is 39.3 Å². The smallest absolute Gasteiger partial charge is 0.0108 e. The van der Waals surface area contributed by atoms with Gasteiger partial charge in [-0.25, -0.2) is 0 Å². The van der Waals surface area contributed by atoms with Gasteiger partial charge in [0.15, 0.2) is 0 Å². The summed E-state index contributed by atoms with van der Waals surface area (Å²) in [6, 6.07) is 1.32. The Morgan fingerprint density at radius 3 is 2.46 bits per heavy atom. The second-order valence-corrected chi connectivity index (χ2v) is 4.39. The molecule has 0 radical (unpaired) electrons. The zero-order valence-corrected chi connectivity index (χ0v) is 9.22. The SMILES string of the molecule is C=C(NC)C(C)C1CC1NC(C)C. The average molecular weight is 182 g/mol. The molecule has 13 heavy (non-hydrogen) atoms. The average Bonchev–Trinajstić information content (AvgIpc) is 2.80. The van der Waals surface area contributed by atoms with Gasteiger partial charge in [0.25, 0.3) is 0 Å². The zero-order valence-electron chi connectivity index (χ0n) is 9.22. The van der Waals surface area contributed by atoms with E-state index in [2.05, 4.69) is 38.0 Å². The fraction of sp³-hybridized carbons (Fsp3) is 0.818. The van der Waals surface area contributed by atoms with Gasteiger partial charge in [0, 0.05) is 24.8 Å². The van der Waals surface area contributed by atoms with Gasteiger partial charge in [-0.2, -0.15) is 0 Å². The minimum absolute atomic E-state index is 0.598. The second-order valence-electron chi connectivity index (χ2n) is 4.39. The standard InChI is InChI=1S/C11H22N2/c1-7(2)13-11-6-10(11)8(3)9(4)12-5/h7-8,10-13H,4,6H2,1-3,5H3. The second kappa shape index (κ2) is 4.14. The lowest BCUT2D eigenvalue weighted by atomic mass is 10.0. The molecular weight excluding hydrogens is 160 g/mol. The fourth-order valence-corrected chi connectivity index (χ4v) is 1.87. The molecule has 1 aliphatic carbocycles. The number of nitrogens with one attached hydrogen (secondary N) is 2. The first-order chi connectivity index (χ1) is 6.06. The summed E-state index contributed by atoms with van der Waals surface area (Å²) in [5.74, 6) is 1.39. The van der Waals surface area contributed by atoms with Crippen molar-refractivity contribution < 1.29 is 0 Å². The van der Waals surface area contributed by atoms with E-state index in [4.69, 9.17) is 0 Å². The minimum atomic E-state index is 0.598. The van der Waals surface area contributed by atoms with Gasteiger partial charge in [0.1, 0.15) is 0 Å². The summed E-state index contributed by atoms with van der Waals surface area (Å²) in [4.78, 5) is 0. The molecule has 0 aliphatic heterocycles. The van der Waals surface area contributed by atoms with E-state index < -0.39 is 0 Å². The van der Waals surface area contributed by atoms with Crippen molar-refractivity contribution in [3.05, 3.63) is 12.3 Å². The summed E-state index contributed by atoms with van der Waals surface area (Å²) < 4.78 is 0. The molecule has 2 heteroatoms.